The lowest BCUT2D eigenvalue weighted by Gasteiger charge is -2.14. The third kappa shape index (κ3) is 5.60. The maximum absolute atomic E-state index is 12.3. The zero-order valence-corrected chi connectivity index (χ0v) is 17.9. The molecule has 0 aliphatic carbocycles. The molecule has 0 aliphatic rings. The van der Waals surface area contributed by atoms with Crippen molar-refractivity contribution in [1.82, 2.24) is 9.71 Å². The summed E-state index contributed by atoms with van der Waals surface area (Å²) in [5, 5.41) is 3.33. The Morgan fingerprint density at radius 3 is 2.21 bits per heavy atom. The number of sulfonamides is 1. The van der Waals surface area contributed by atoms with Gasteiger partial charge in [0.1, 0.15) is 4.88 Å². The molecule has 0 radical (unpaired) electrons. The number of thiazole rings is 1. The van der Waals surface area contributed by atoms with Gasteiger partial charge in [0.05, 0.1) is 15.6 Å². The molecule has 0 bridgehead atoms. The molecule has 2 N–H and O–H groups in total. The molecule has 28 heavy (non-hydrogen) atoms. The number of aromatic nitrogens is 1. The van der Waals surface area contributed by atoms with Gasteiger partial charge in [0.15, 0.2) is 6.10 Å². The van der Waals surface area contributed by atoms with E-state index in [4.69, 9.17) is 4.74 Å². The van der Waals surface area contributed by atoms with Crippen LogP contribution in [0.25, 0.3) is 0 Å². The lowest BCUT2D eigenvalue weighted by molar-refractivity contribution is -0.123. The van der Waals surface area contributed by atoms with Crippen LogP contribution in [0.4, 0.5) is 5.69 Å². The molecule has 0 aliphatic heterocycles. The molecule has 10 heteroatoms. The third-order valence-corrected chi connectivity index (χ3v) is 6.29. The number of carbonyl (C=O) groups is 2. The van der Waals surface area contributed by atoms with E-state index in [0.717, 1.165) is 5.01 Å². The predicted molar refractivity (Wildman–Crippen MR) is 107 cm³/mol. The predicted octanol–water partition coefficient (Wildman–Crippen LogP) is 2.63. The second-order valence-electron chi connectivity index (χ2n) is 6.48. The molecule has 1 amide bonds. The second-order valence-corrected chi connectivity index (χ2v) is 9.40. The van der Waals surface area contributed by atoms with E-state index in [1.165, 1.54) is 42.5 Å². The number of rotatable bonds is 7. The summed E-state index contributed by atoms with van der Waals surface area (Å²) in [6, 6.07) is 5.49. The van der Waals surface area contributed by atoms with Crippen molar-refractivity contribution in [3.63, 3.8) is 0 Å². The van der Waals surface area contributed by atoms with Crippen molar-refractivity contribution in [3.05, 3.63) is 39.8 Å². The van der Waals surface area contributed by atoms with Crippen molar-refractivity contribution in [3.8, 4) is 0 Å². The van der Waals surface area contributed by atoms with E-state index in [2.05, 4.69) is 15.0 Å². The monoisotopic (exact) mass is 425 g/mol. The fourth-order valence-corrected chi connectivity index (χ4v) is 4.38. The zero-order valence-electron chi connectivity index (χ0n) is 16.3. The van der Waals surface area contributed by atoms with Crippen LogP contribution >= 0.6 is 11.3 Å². The van der Waals surface area contributed by atoms with Crippen LogP contribution in [0.3, 0.4) is 0 Å². The molecule has 1 aromatic heterocycles. The van der Waals surface area contributed by atoms with Gasteiger partial charge in [-0.3, -0.25) is 4.79 Å². The first kappa shape index (κ1) is 22.0. The maximum atomic E-state index is 12.3. The smallest absolute Gasteiger partial charge is 0.351 e. The minimum Gasteiger partial charge on any atom is -0.448 e. The summed E-state index contributed by atoms with van der Waals surface area (Å²) >= 11 is 1.21. The molecule has 0 saturated carbocycles. The van der Waals surface area contributed by atoms with Crippen LogP contribution in [0, 0.1) is 13.8 Å². The molecular weight excluding hydrogens is 402 g/mol. The molecule has 1 atom stereocenters. The first-order valence-corrected chi connectivity index (χ1v) is 10.9. The Hall–Kier alpha value is -2.30. The largest absolute Gasteiger partial charge is 0.448 e. The molecule has 1 heterocycles. The first-order valence-electron chi connectivity index (χ1n) is 8.58. The van der Waals surface area contributed by atoms with Crippen molar-refractivity contribution >= 4 is 38.9 Å². The van der Waals surface area contributed by atoms with Crippen LogP contribution < -0.4 is 10.0 Å². The number of anilines is 1. The fourth-order valence-electron chi connectivity index (χ4n) is 2.33. The SMILES string of the molecule is Cc1nc(C)c(C(=O)O[C@@H](C)C(=O)Nc2ccc(S(=O)(=O)NC(C)C)cc2)s1. The average Bonchev–Trinajstić information content (AvgIpc) is 2.92. The number of benzene rings is 1. The van der Waals surface area contributed by atoms with E-state index >= 15 is 0 Å². The summed E-state index contributed by atoms with van der Waals surface area (Å²) in [6.45, 7) is 8.40. The van der Waals surface area contributed by atoms with Crippen molar-refractivity contribution in [1.29, 1.82) is 0 Å². The van der Waals surface area contributed by atoms with Crippen molar-refractivity contribution < 1.29 is 22.7 Å². The molecule has 1 aromatic carbocycles. The zero-order chi connectivity index (χ0) is 21.1. The summed E-state index contributed by atoms with van der Waals surface area (Å²) in [5.74, 6) is -1.13. The van der Waals surface area contributed by atoms with Gasteiger partial charge in [0.2, 0.25) is 10.0 Å². The van der Waals surface area contributed by atoms with Crippen molar-refractivity contribution in [2.45, 2.75) is 51.7 Å². The quantitative estimate of drug-likeness (QED) is 0.659. The highest BCUT2D eigenvalue weighted by Gasteiger charge is 2.22. The lowest BCUT2D eigenvalue weighted by atomic mass is 10.3. The van der Waals surface area contributed by atoms with Gasteiger partial charge in [-0.15, -0.1) is 11.3 Å². The van der Waals surface area contributed by atoms with E-state index in [1.54, 1.807) is 27.7 Å². The van der Waals surface area contributed by atoms with Crippen molar-refractivity contribution in [2.24, 2.45) is 0 Å². The molecule has 0 saturated heterocycles. The summed E-state index contributed by atoms with van der Waals surface area (Å²) in [5.41, 5.74) is 0.952. The van der Waals surface area contributed by atoms with Gasteiger partial charge >= 0.3 is 5.97 Å². The van der Waals surface area contributed by atoms with E-state index in [0.29, 0.717) is 16.3 Å². The Morgan fingerprint density at radius 1 is 1.11 bits per heavy atom. The Bertz CT molecular complexity index is 966. The number of esters is 1. The number of nitrogens with zero attached hydrogens (tertiary/aromatic N) is 1. The summed E-state index contributed by atoms with van der Waals surface area (Å²) in [6.07, 6.45) is -1.03. The Balaban J connectivity index is 2.00. The molecule has 0 unspecified atom stereocenters. The van der Waals surface area contributed by atoms with Gasteiger partial charge < -0.3 is 10.1 Å². The van der Waals surface area contributed by atoms with Gasteiger partial charge in [-0.1, -0.05) is 0 Å². The molecule has 152 valence electrons. The van der Waals surface area contributed by atoms with E-state index in [-0.39, 0.29) is 10.9 Å². The minimum atomic E-state index is -3.61. The number of ether oxygens (including phenoxy) is 1. The van der Waals surface area contributed by atoms with Gasteiger partial charge in [0, 0.05) is 11.7 Å². The van der Waals surface area contributed by atoms with Crippen LogP contribution in [-0.2, 0) is 19.6 Å². The first-order chi connectivity index (χ1) is 13.0. The number of hydrogen-bond acceptors (Lipinski definition) is 7. The number of aryl methyl sites for hydroxylation is 2. The Morgan fingerprint density at radius 2 is 1.71 bits per heavy atom. The van der Waals surface area contributed by atoms with Crippen LogP contribution in [0.15, 0.2) is 29.2 Å². The van der Waals surface area contributed by atoms with Crippen LogP contribution in [0.5, 0.6) is 0 Å². The van der Waals surface area contributed by atoms with Crippen LogP contribution in [0.2, 0.25) is 0 Å². The normalized spacial score (nSPS) is 12.6. The summed E-state index contributed by atoms with van der Waals surface area (Å²) in [4.78, 5) is 29.1. The van der Waals surface area contributed by atoms with E-state index < -0.39 is 28.0 Å². The lowest BCUT2D eigenvalue weighted by Crippen LogP contribution is -2.30. The molecule has 2 rings (SSSR count). The molecule has 2 aromatic rings. The van der Waals surface area contributed by atoms with Gasteiger partial charge in [-0.2, -0.15) is 0 Å². The molecule has 0 fully saturated rings. The van der Waals surface area contributed by atoms with E-state index in [9.17, 15) is 18.0 Å². The van der Waals surface area contributed by atoms with E-state index in [1.807, 2.05) is 0 Å². The molecular formula is C18H23N3O5S2. The average molecular weight is 426 g/mol. The summed E-state index contributed by atoms with van der Waals surface area (Å²) in [7, 11) is -3.61. The number of carbonyl (C=O) groups excluding carboxylic acids is 2. The highest BCUT2D eigenvalue weighted by molar-refractivity contribution is 7.89. The van der Waals surface area contributed by atoms with Crippen LogP contribution in [-0.4, -0.2) is 37.4 Å². The summed E-state index contributed by atoms with van der Waals surface area (Å²) < 4.78 is 31.9. The highest BCUT2D eigenvalue weighted by atomic mass is 32.2. The number of hydrogen-bond donors (Lipinski definition) is 2. The second kappa shape index (κ2) is 8.80. The molecule has 8 nitrogen and oxygen atoms in total. The Labute approximate surface area is 168 Å². The number of nitrogens with one attached hydrogen (secondary N) is 2. The minimum absolute atomic E-state index is 0.0923. The maximum Gasteiger partial charge on any atom is 0.351 e. The Kier molecular flexibility index (Phi) is 6.91. The van der Waals surface area contributed by atoms with Gasteiger partial charge in [-0.25, -0.2) is 22.9 Å². The molecule has 0 spiro atoms. The fraction of sp³-hybridized carbons (Fsp3) is 0.389. The van der Waals surface area contributed by atoms with Gasteiger partial charge in [0.25, 0.3) is 5.91 Å². The van der Waals surface area contributed by atoms with Crippen LogP contribution in [0.1, 0.15) is 41.1 Å². The van der Waals surface area contributed by atoms with Crippen molar-refractivity contribution in [2.75, 3.05) is 5.32 Å². The third-order valence-electron chi connectivity index (χ3n) is 3.56. The topological polar surface area (TPSA) is 114 Å². The highest BCUT2D eigenvalue weighted by Crippen LogP contribution is 2.19. The standard InChI is InChI=1S/C18H23N3O5S2/c1-10(2)21-28(24,25)15-8-6-14(7-9-15)20-17(22)12(4)26-18(23)16-11(3)19-13(5)27-16/h6-10,12,21H,1-5H3,(H,20,22)/t12-/m0/s1. The van der Waals surface area contributed by atoms with Gasteiger partial charge in [-0.05, 0) is 58.9 Å². The number of amides is 1.